The van der Waals surface area contributed by atoms with Crippen LogP contribution in [0.25, 0.3) is 10.8 Å². The highest BCUT2D eigenvalue weighted by molar-refractivity contribution is 5.83. The smallest absolute Gasteiger partial charge is 0.0860 e. The lowest BCUT2D eigenvalue weighted by Gasteiger charge is -2.20. The van der Waals surface area contributed by atoms with Crippen molar-refractivity contribution in [2.24, 2.45) is 0 Å². The Morgan fingerprint density at radius 3 is 2.58 bits per heavy atom. The van der Waals surface area contributed by atoms with Crippen LogP contribution in [0.3, 0.4) is 0 Å². The van der Waals surface area contributed by atoms with Crippen LogP contribution in [0, 0.1) is 0 Å². The quantitative estimate of drug-likeness (QED) is 0.590. The van der Waals surface area contributed by atoms with Crippen LogP contribution in [0.15, 0.2) is 54.1 Å². The molecule has 24 heavy (non-hydrogen) atoms. The highest BCUT2D eigenvalue weighted by atomic mass is 16.5. The van der Waals surface area contributed by atoms with Crippen LogP contribution in [0.2, 0.25) is 0 Å². The summed E-state index contributed by atoms with van der Waals surface area (Å²) in [7, 11) is 0. The number of unbranched alkanes of at least 4 members (excludes halogenated alkanes) is 1. The molecule has 1 N–H and O–H groups in total. The number of aliphatic hydroxyl groups is 1. The number of rotatable bonds is 9. The summed E-state index contributed by atoms with van der Waals surface area (Å²) in [4.78, 5) is 0. The number of aliphatic hydroxyl groups excluding tert-OH is 1. The Morgan fingerprint density at radius 2 is 1.88 bits per heavy atom. The summed E-state index contributed by atoms with van der Waals surface area (Å²) < 4.78 is 6.09. The van der Waals surface area contributed by atoms with Gasteiger partial charge in [-0.15, -0.1) is 0 Å². The minimum absolute atomic E-state index is 0.0132. The average molecular weight is 326 g/mol. The van der Waals surface area contributed by atoms with E-state index in [-0.39, 0.29) is 12.2 Å². The zero-order valence-corrected chi connectivity index (χ0v) is 15.2. The van der Waals surface area contributed by atoms with Crippen LogP contribution >= 0.6 is 0 Å². The first-order valence-electron chi connectivity index (χ1n) is 9.02. The van der Waals surface area contributed by atoms with Gasteiger partial charge in [0, 0.05) is 0 Å². The molecule has 130 valence electrons. The van der Waals surface area contributed by atoms with Crippen molar-refractivity contribution in [1.29, 1.82) is 0 Å². The van der Waals surface area contributed by atoms with Crippen LogP contribution in [-0.2, 0) is 4.74 Å². The molecule has 2 atom stereocenters. The number of benzene rings is 2. The van der Waals surface area contributed by atoms with Gasteiger partial charge >= 0.3 is 0 Å². The molecule has 2 aromatic rings. The first kappa shape index (κ1) is 18.7. The van der Waals surface area contributed by atoms with Crippen molar-refractivity contribution in [2.75, 3.05) is 6.61 Å². The number of allylic oxidation sites excluding steroid dienone is 1. The molecule has 0 saturated heterocycles. The molecular weight excluding hydrogens is 296 g/mol. The summed E-state index contributed by atoms with van der Waals surface area (Å²) in [5, 5.41) is 12.6. The van der Waals surface area contributed by atoms with Gasteiger partial charge in [-0.05, 0) is 49.1 Å². The molecule has 2 nitrogen and oxygen atoms in total. The fourth-order valence-corrected chi connectivity index (χ4v) is 2.80. The lowest BCUT2D eigenvalue weighted by molar-refractivity contribution is -0.0126. The predicted octanol–water partition coefficient (Wildman–Crippen LogP) is 5.80. The molecule has 2 unspecified atom stereocenters. The molecule has 0 aliphatic heterocycles. The van der Waals surface area contributed by atoms with Gasteiger partial charge < -0.3 is 9.84 Å². The van der Waals surface area contributed by atoms with E-state index in [4.69, 9.17) is 4.74 Å². The monoisotopic (exact) mass is 326 g/mol. The van der Waals surface area contributed by atoms with E-state index < -0.39 is 0 Å². The van der Waals surface area contributed by atoms with Gasteiger partial charge in [0.2, 0.25) is 0 Å². The Balaban J connectivity index is 2.12. The third kappa shape index (κ3) is 5.77. The lowest BCUT2D eigenvalue weighted by atomic mass is 10.0. The topological polar surface area (TPSA) is 29.5 Å². The molecule has 0 amide bonds. The molecule has 0 radical (unpaired) electrons. The van der Waals surface area contributed by atoms with Gasteiger partial charge in [-0.2, -0.15) is 0 Å². The fraction of sp³-hybridized carbons (Fsp3) is 0.455. The second-order valence-corrected chi connectivity index (χ2v) is 6.74. The van der Waals surface area contributed by atoms with Crippen molar-refractivity contribution < 1.29 is 9.84 Å². The molecule has 0 aliphatic rings. The Morgan fingerprint density at radius 1 is 1.12 bits per heavy atom. The molecular formula is C22H30O2. The van der Waals surface area contributed by atoms with Gasteiger partial charge in [-0.25, -0.2) is 0 Å². The van der Waals surface area contributed by atoms with Crippen LogP contribution in [0.1, 0.15) is 58.1 Å². The van der Waals surface area contributed by atoms with E-state index in [0.29, 0.717) is 6.61 Å². The molecule has 0 fully saturated rings. The van der Waals surface area contributed by atoms with E-state index in [9.17, 15) is 5.11 Å². The Kier molecular flexibility index (Phi) is 7.48. The van der Waals surface area contributed by atoms with Gasteiger partial charge in [0.05, 0.1) is 18.8 Å². The van der Waals surface area contributed by atoms with E-state index in [1.54, 1.807) is 0 Å². The molecule has 0 aliphatic carbocycles. The molecule has 2 rings (SSSR count). The summed E-state index contributed by atoms with van der Waals surface area (Å²) in [6, 6.07) is 14.9. The molecule has 0 heterocycles. The number of hydrogen-bond acceptors (Lipinski definition) is 2. The summed E-state index contributed by atoms with van der Waals surface area (Å²) in [5.74, 6) is 0. The fourth-order valence-electron chi connectivity index (χ4n) is 2.80. The first-order chi connectivity index (χ1) is 11.6. The van der Waals surface area contributed by atoms with Crippen molar-refractivity contribution in [1.82, 2.24) is 0 Å². The minimum Gasteiger partial charge on any atom is -0.391 e. The van der Waals surface area contributed by atoms with Crippen molar-refractivity contribution in [2.45, 2.75) is 58.7 Å². The van der Waals surface area contributed by atoms with Gasteiger partial charge in [-0.1, -0.05) is 67.8 Å². The molecule has 0 spiro atoms. The Labute approximate surface area is 146 Å². The summed E-state index contributed by atoms with van der Waals surface area (Å²) >= 11 is 0. The Bertz CT molecular complexity index is 656. The average Bonchev–Trinajstić information content (AvgIpc) is 2.59. The molecule has 0 saturated carbocycles. The first-order valence-corrected chi connectivity index (χ1v) is 9.02. The van der Waals surface area contributed by atoms with Crippen LogP contribution < -0.4 is 0 Å². The Hall–Kier alpha value is -1.64. The lowest BCUT2D eigenvalue weighted by Crippen LogP contribution is -2.17. The van der Waals surface area contributed by atoms with Crippen molar-refractivity contribution in [3.63, 3.8) is 0 Å². The summed E-state index contributed by atoms with van der Waals surface area (Å²) in [5.41, 5.74) is 2.46. The van der Waals surface area contributed by atoms with Gasteiger partial charge in [0.1, 0.15) is 0 Å². The van der Waals surface area contributed by atoms with E-state index in [0.717, 1.165) is 25.7 Å². The van der Waals surface area contributed by atoms with Crippen molar-refractivity contribution in [3.8, 4) is 0 Å². The maximum Gasteiger partial charge on any atom is 0.0860 e. The van der Waals surface area contributed by atoms with Crippen LogP contribution in [-0.4, -0.2) is 17.8 Å². The minimum atomic E-state index is -0.375. The second-order valence-electron chi connectivity index (χ2n) is 6.74. The summed E-state index contributed by atoms with van der Waals surface area (Å²) in [6.07, 6.45) is 5.60. The number of fused-ring (bicyclic) bond motifs is 1. The van der Waals surface area contributed by atoms with Crippen molar-refractivity contribution >= 4 is 10.8 Å². The van der Waals surface area contributed by atoms with E-state index >= 15 is 0 Å². The summed E-state index contributed by atoms with van der Waals surface area (Å²) in [6.45, 7) is 6.75. The maximum atomic E-state index is 10.1. The predicted molar refractivity (Wildman–Crippen MR) is 102 cm³/mol. The zero-order chi connectivity index (χ0) is 17.4. The standard InChI is InChI=1S/C22H30O2/c1-4-5-10-21(23)16-24-22(14-11-17(2)3)20-13-12-18-8-6-7-9-19(18)15-20/h6-9,11-13,15,21-23H,4-5,10,14,16H2,1-3H3. The molecule has 2 heteroatoms. The van der Waals surface area contributed by atoms with Gasteiger partial charge in [0.15, 0.2) is 0 Å². The van der Waals surface area contributed by atoms with Crippen LogP contribution in [0.4, 0.5) is 0 Å². The largest absolute Gasteiger partial charge is 0.391 e. The van der Waals surface area contributed by atoms with Gasteiger partial charge in [-0.3, -0.25) is 0 Å². The van der Waals surface area contributed by atoms with Crippen LogP contribution in [0.5, 0.6) is 0 Å². The molecule has 0 aromatic heterocycles. The SMILES string of the molecule is CCCCC(O)COC(CC=C(C)C)c1ccc2ccccc2c1. The molecule has 2 aromatic carbocycles. The highest BCUT2D eigenvalue weighted by Gasteiger charge is 2.14. The van der Waals surface area contributed by atoms with E-state index in [1.165, 1.54) is 21.9 Å². The third-order valence-corrected chi connectivity index (χ3v) is 4.27. The maximum absolute atomic E-state index is 10.1. The van der Waals surface area contributed by atoms with E-state index in [1.807, 2.05) is 0 Å². The van der Waals surface area contributed by atoms with Crippen molar-refractivity contribution in [3.05, 3.63) is 59.7 Å². The molecule has 0 bridgehead atoms. The highest BCUT2D eigenvalue weighted by Crippen LogP contribution is 2.26. The third-order valence-electron chi connectivity index (χ3n) is 4.27. The number of ether oxygens (including phenoxy) is 1. The van der Waals surface area contributed by atoms with Gasteiger partial charge in [0.25, 0.3) is 0 Å². The second kappa shape index (κ2) is 9.61. The normalized spacial score (nSPS) is 13.7. The zero-order valence-electron chi connectivity index (χ0n) is 15.2. The van der Waals surface area contributed by atoms with E-state index in [2.05, 4.69) is 69.3 Å². The number of hydrogen-bond donors (Lipinski definition) is 1.